The fourth-order valence-corrected chi connectivity index (χ4v) is 3.92. The monoisotopic (exact) mass is 235 g/mol. The standard InChI is InChI=1S/C10H21NO3S/c1-3-11-9(2)8-15(12,13)10-4-6-14-7-5-10/h9-11H,3-8H2,1-2H3. The van der Waals surface area contributed by atoms with Gasteiger partial charge in [0.25, 0.3) is 0 Å². The van der Waals surface area contributed by atoms with Gasteiger partial charge in [-0.3, -0.25) is 0 Å². The van der Waals surface area contributed by atoms with Crippen molar-refractivity contribution >= 4 is 9.84 Å². The second-order valence-corrected chi connectivity index (χ2v) is 6.43. The van der Waals surface area contributed by atoms with E-state index in [-0.39, 0.29) is 17.0 Å². The Morgan fingerprint density at radius 1 is 1.40 bits per heavy atom. The Balaban J connectivity index is 2.49. The van der Waals surface area contributed by atoms with Crippen molar-refractivity contribution in [2.75, 3.05) is 25.5 Å². The molecular weight excluding hydrogens is 214 g/mol. The molecule has 1 atom stereocenters. The molecule has 0 spiro atoms. The summed E-state index contributed by atoms with van der Waals surface area (Å²) >= 11 is 0. The van der Waals surface area contributed by atoms with Crippen LogP contribution in [0.5, 0.6) is 0 Å². The van der Waals surface area contributed by atoms with Crippen molar-refractivity contribution < 1.29 is 13.2 Å². The molecule has 1 aliphatic rings. The zero-order chi connectivity index (χ0) is 11.3. The van der Waals surface area contributed by atoms with Gasteiger partial charge in [0.1, 0.15) is 0 Å². The molecule has 0 aromatic rings. The summed E-state index contributed by atoms with van der Waals surface area (Å²) in [6.07, 6.45) is 1.31. The van der Waals surface area contributed by atoms with Gasteiger partial charge >= 0.3 is 0 Å². The lowest BCUT2D eigenvalue weighted by molar-refractivity contribution is 0.0983. The molecule has 1 N–H and O–H groups in total. The van der Waals surface area contributed by atoms with Gasteiger partial charge in [-0.25, -0.2) is 8.42 Å². The smallest absolute Gasteiger partial charge is 0.154 e. The van der Waals surface area contributed by atoms with Crippen LogP contribution in [0.15, 0.2) is 0 Å². The Morgan fingerprint density at radius 3 is 2.53 bits per heavy atom. The topological polar surface area (TPSA) is 55.4 Å². The summed E-state index contributed by atoms with van der Waals surface area (Å²) in [6.45, 7) is 5.88. The molecule has 1 rings (SSSR count). The van der Waals surface area contributed by atoms with Crippen molar-refractivity contribution in [1.29, 1.82) is 0 Å². The normalized spacial score (nSPS) is 21.5. The average Bonchev–Trinajstić information content (AvgIpc) is 2.18. The highest BCUT2D eigenvalue weighted by molar-refractivity contribution is 7.92. The summed E-state index contributed by atoms with van der Waals surface area (Å²) in [5.74, 6) is 0.242. The van der Waals surface area contributed by atoms with Crippen LogP contribution in [0.3, 0.4) is 0 Å². The van der Waals surface area contributed by atoms with E-state index in [4.69, 9.17) is 4.74 Å². The van der Waals surface area contributed by atoms with Gasteiger partial charge in [0.05, 0.1) is 11.0 Å². The fourth-order valence-electron chi connectivity index (χ4n) is 1.93. The highest BCUT2D eigenvalue weighted by Gasteiger charge is 2.28. The molecule has 90 valence electrons. The van der Waals surface area contributed by atoms with Gasteiger partial charge in [-0.2, -0.15) is 0 Å². The molecule has 0 amide bonds. The van der Waals surface area contributed by atoms with Gasteiger partial charge in [0.2, 0.25) is 0 Å². The summed E-state index contributed by atoms with van der Waals surface area (Å²) in [6, 6.07) is 0.0443. The molecule has 0 saturated carbocycles. The Bertz CT molecular complexity index is 270. The van der Waals surface area contributed by atoms with Crippen molar-refractivity contribution in [2.24, 2.45) is 0 Å². The van der Waals surface area contributed by atoms with E-state index in [1.807, 2.05) is 13.8 Å². The van der Waals surface area contributed by atoms with E-state index in [0.717, 1.165) is 6.54 Å². The third-order valence-electron chi connectivity index (χ3n) is 2.71. The van der Waals surface area contributed by atoms with E-state index in [0.29, 0.717) is 26.1 Å². The number of nitrogens with one attached hydrogen (secondary N) is 1. The van der Waals surface area contributed by atoms with Crippen molar-refractivity contribution in [3.63, 3.8) is 0 Å². The van der Waals surface area contributed by atoms with Crippen molar-refractivity contribution in [3.05, 3.63) is 0 Å². The molecule has 15 heavy (non-hydrogen) atoms. The van der Waals surface area contributed by atoms with Crippen LogP contribution in [0.1, 0.15) is 26.7 Å². The minimum absolute atomic E-state index is 0.0443. The Labute approximate surface area is 92.3 Å². The first-order chi connectivity index (χ1) is 7.06. The molecule has 0 aromatic carbocycles. The van der Waals surface area contributed by atoms with Crippen molar-refractivity contribution in [1.82, 2.24) is 5.32 Å². The predicted octanol–water partition coefficient (Wildman–Crippen LogP) is 0.578. The maximum atomic E-state index is 12.0. The van der Waals surface area contributed by atoms with Crippen LogP contribution in [-0.2, 0) is 14.6 Å². The van der Waals surface area contributed by atoms with Crippen molar-refractivity contribution in [2.45, 2.75) is 38.0 Å². The van der Waals surface area contributed by atoms with Crippen LogP contribution in [-0.4, -0.2) is 45.2 Å². The average molecular weight is 235 g/mol. The van der Waals surface area contributed by atoms with E-state index in [9.17, 15) is 8.42 Å². The van der Waals surface area contributed by atoms with E-state index >= 15 is 0 Å². The van der Waals surface area contributed by atoms with Crippen LogP contribution in [0, 0.1) is 0 Å². The summed E-state index contributed by atoms with van der Waals surface area (Å²) in [5.41, 5.74) is 0. The maximum Gasteiger partial charge on any atom is 0.154 e. The highest BCUT2D eigenvalue weighted by Crippen LogP contribution is 2.17. The number of sulfone groups is 1. The molecule has 0 bridgehead atoms. The third kappa shape index (κ3) is 4.09. The largest absolute Gasteiger partial charge is 0.381 e. The second kappa shape index (κ2) is 5.82. The Kier molecular flexibility index (Phi) is 5.02. The Morgan fingerprint density at radius 2 is 2.00 bits per heavy atom. The zero-order valence-electron chi connectivity index (χ0n) is 9.53. The van der Waals surface area contributed by atoms with Gasteiger partial charge in [-0.1, -0.05) is 6.92 Å². The maximum absolute atomic E-state index is 12.0. The molecule has 1 aliphatic heterocycles. The second-order valence-electron chi connectivity index (χ2n) is 4.10. The number of hydrogen-bond donors (Lipinski definition) is 1. The summed E-state index contributed by atoms with van der Waals surface area (Å²) in [5, 5.41) is 2.94. The first-order valence-electron chi connectivity index (χ1n) is 5.59. The van der Waals surface area contributed by atoms with Crippen molar-refractivity contribution in [3.8, 4) is 0 Å². The Hall–Kier alpha value is -0.130. The van der Waals surface area contributed by atoms with E-state index in [1.54, 1.807) is 0 Å². The third-order valence-corrected chi connectivity index (χ3v) is 5.16. The van der Waals surface area contributed by atoms with Crippen LogP contribution in [0.25, 0.3) is 0 Å². The quantitative estimate of drug-likeness (QED) is 0.757. The summed E-state index contributed by atoms with van der Waals surface area (Å²) in [7, 11) is -2.95. The molecule has 0 aromatic heterocycles. The van der Waals surface area contributed by atoms with Gasteiger partial charge in [0, 0.05) is 19.3 Å². The molecule has 0 aliphatic carbocycles. The minimum Gasteiger partial charge on any atom is -0.381 e. The first kappa shape index (κ1) is 12.9. The highest BCUT2D eigenvalue weighted by atomic mass is 32.2. The van der Waals surface area contributed by atoms with Gasteiger partial charge in [0.15, 0.2) is 9.84 Å². The van der Waals surface area contributed by atoms with E-state index in [1.165, 1.54) is 0 Å². The first-order valence-corrected chi connectivity index (χ1v) is 7.30. The molecular formula is C10H21NO3S. The van der Waals surface area contributed by atoms with Gasteiger partial charge in [-0.15, -0.1) is 0 Å². The minimum atomic E-state index is -2.95. The van der Waals surface area contributed by atoms with E-state index in [2.05, 4.69) is 5.32 Å². The molecule has 1 unspecified atom stereocenters. The van der Waals surface area contributed by atoms with Crippen LogP contribution >= 0.6 is 0 Å². The molecule has 0 radical (unpaired) electrons. The molecule has 5 heteroatoms. The number of ether oxygens (including phenoxy) is 1. The number of hydrogen-bond acceptors (Lipinski definition) is 4. The predicted molar refractivity (Wildman–Crippen MR) is 60.8 cm³/mol. The lowest BCUT2D eigenvalue weighted by atomic mass is 10.2. The van der Waals surface area contributed by atoms with Gasteiger partial charge in [-0.05, 0) is 26.3 Å². The fraction of sp³-hybridized carbons (Fsp3) is 1.00. The summed E-state index contributed by atoms with van der Waals surface area (Å²) in [4.78, 5) is 0. The van der Waals surface area contributed by atoms with Crippen LogP contribution in [0.2, 0.25) is 0 Å². The lowest BCUT2D eigenvalue weighted by Crippen LogP contribution is -2.38. The lowest BCUT2D eigenvalue weighted by Gasteiger charge is -2.23. The summed E-state index contributed by atoms with van der Waals surface area (Å²) < 4.78 is 29.1. The zero-order valence-corrected chi connectivity index (χ0v) is 10.3. The molecule has 1 saturated heterocycles. The number of rotatable bonds is 5. The van der Waals surface area contributed by atoms with Gasteiger partial charge < -0.3 is 10.1 Å². The van der Waals surface area contributed by atoms with Crippen LogP contribution in [0.4, 0.5) is 0 Å². The SMILES string of the molecule is CCNC(C)CS(=O)(=O)C1CCOCC1. The molecule has 1 fully saturated rings. The molecule has 4 nitrogen and oxygen atoms in total. The van der Waals surface area contributed by atoms with E-state index < -0.39 is 9.84 Å². The van der Waals surface area contributed by atoms with Crippen LogP contribution < -0.4 is 5.32 Å². The molecule has 1 heterocycles.